The van der Waals surface area contributed by atoms with Crippen LogP contribution in [-0.2, 0) is 23.9 Å². The average molecular weight is 613 g/mol. The number of amides is 3. The molecular weight excluding hydrogens is 568 g/mol. The fraction of sp³-hybridized carbons (Fsp3) is 0.786. The highest BCUT2D eigenvalue weighted by Gasteiger charge is 2.60. The van der Waals surface area contributed by atoms with Crippen LogP contribution in [0, 0.1) is 11.8 Å². The Labute approximate surface area is 250 Å². The van der Waals surface area contributed by atoms with Gasteiger partial charge in [0.2, 0.25) is 17.7 Å². The van der Waals surface area contributed by atoms with Gasteiger partial charge in [-0.25, -0.2) is 4.79 Å². The molecule has 0 unspecified atom stereocenters. The van der Waals surface area contributed by atoms with Crippen molar-refractivity contribution in [2.75, 3.05) is 57.9 Å². The molecular formula is C28H44N4O7S2. The van der Waals surface area contributed by atoms with Crippen LogP contribution in [-0.4, -0.2) is 130 Å². The van der Waals surface area contributed by atoms with Crippen LogP contribution in [0.4, 0.5) is 0 Å². The molecule has 0 spiro atoms. The third kappa shape index (κ3) is 7.41. The molecule has 4 heterocycles. The molecule has 4 aliphatic rings. The second-order valence-electron chi connectivity index (χ2n) is 11.4. The number of likely N-dealkylation sites (tertiary alicyclic amines) is 1. The number of nitrogens with zero attached hydrogens (tertiary/aromatic N) is 3. The fourth-order valence-electron chi connectivity index (χ4n) is 6.30. The number of aliphatic hydroxyl groups is 1. The summed E-state index contributed by atoms with van der Waals surface area (Å²) in [4.78, 5) is 55.9. The number of hydrogen-bond acceptors (Lipinski definition) is 9. The second kappa shape index (κ2) is 14.6. The Morgan fingerprint density at radius 1 is 1.22 bits per heavy atom. The van der Waals surface area contributed by atoms with E-state index in [1.807, 2.05) is 11.8 Å². The summed E-state index contributed by atoms with van der Waals surface area (Å²) in [5, 5.41) is 23.6. The van der Waals surface area contributed by atoms with Crippen molar-refractivity contribution in [2.45, 2.75) is 69.4 Å². The van der Waals surface area contributed by atoms with Crippen LogP contribution in [0.3, 0.4) is 0 Å². The first-order chi connectivity index (χ1) is 19.6. The van der Waals surface area contributed by atoms with Gasteiger partial charge in [-0.2, -0.15) is 11.8 Å². The number of fused-ring (bicyclic) bond motifs is 1. The predicted molar refractivity (Wildman–Crippen MR) is 158 cm³/mol. The third-order valence-corrected chi connectivity index (χ3v) is 11.2. The predicted octanol–water partition coefficient (Wildman–Crippen LogP) is 1.21. The van der Waals surface area contributed by atoms with Gasteiger partial charge in [-0.15, -0.1) is 11.8 Å². The van der Waals surface area contributed by atoms with Crippen LogP contribution in [0.25, 0.3) is 0 Å². The van der Waals surface area contributed by atoms with Crippen molar-refractivity contribution in [3.8, 4) is 0 Å². The number of methoxy groups -OCH3 is 1. The number of piperidine rings is 1. The maximum atomic E-state index is 12.9. The third-order valence-electron chi connectivity index (χ3n) is 8.52. The summed E-state index contributed by atoms with van der Waals surface area (Å²) in [7, 11) is 1.59. The number of β-lactam (4-membered cyclic amide) rings is 1. The zero-order valence-electron chi connectivity index (χ0n) is 24.3. The highest BCUT2D eigenvalue weighted by atomic mass is 32.2. The number of rotatable bonds is 14. The maximum absolute atomic E-state index is 12.9. The van der Waals surface area contributed by atoms with Crippen molar-refractivity contribution in [2.24, 2.45) is 11.8 Å². The number of carboxylic acid groups (broad SMARTS) is 1. The van der Waals surface area contributed by atoms with E-state index >= 15 is 0 Å². The molecule has 4 aliphatic heterocycles. The topological polar surface area (TPSA) is 140 Å². The lowest BCUT2D eigenvalue weighted by molar-refractivity contribution is -0.163. The molecule has 3 N–H and O–H groups in total. The second-order valence-corrected chi connectivity index (χ2v) is 13.9. The molecule has 3 fully saturated rings. The summed E-state index contributed by atoms with van der Waals surface area (Å²) < 4.78 is 5.16. The summed E-state index contributed by atoms with van der Waals surface area (Å²) in [6.07, 6.45) is 3.58. The summed E-state index contributed by atoms with van der Waals surface area (Å²) in [6, 6.07) is -0.0553. The van der Waals surface area contributed by atoms with Crippen LogP contribution in [0.15, 0.2) is 10.6 Å². The number of carboxylic acids is 1. The van der Waals surface area contributed by atoms with E-state index in [9.17, 15) is 29.4 Å². The summed E-state index contributed by atoms with van der Waals surface area (Å²) in [5.41, 5.74) is 0.0718. The quantitative estimate of drug-likeness (QED) is 0.194. The molecule has 6 atom stereocenters. The van der Waals surface area contributed by atoms with Gasteiger partial charge in [0.15, 0.2) is 0 Å². The molecule has 230 valence electrons. The van der Waals surface area contributed by atoms with Crippen molar-refractivity contribution >= 4 is 47.2 Å². The molecule has 3 saturated heterocycles. The highest BCUT2D eigenvalue weighted by molar-refractivity contribution is 8.03. The van der Waals surface area contributed by atoms with Crippen molar-refractivity contribution in [1.82, 2.24) is 20.0 Å². The van der Waals surface area contributed by atoms with Gasteiger partial charge in [0.25, 0.3) is 0 Å². The SMILES string of the molecule is COCCN(CC(=O)N1CCCCC1)C(=O)CCSC[C@@H]1C[C@H](SC2=C(C(=O)O)N3C(=O)[C@H]([C@@H](C)O)[C@H]3[C@H]2C)CN1. The first-order valence-corrected chi connectivity index (χ1v) is 16.7. The lowest BCUT2D eigenvalue weighted by Gasteiger charge is -2.46. The molecule has 0 aromatic rings. The fourth-order valence-corrected chi connectivity index (χ4v) is 8.84. The molecule has 0 aliphatic carbocycles. The van der Waals surface area contributed by atoms with E-state index in [0.717, 1.165) is 56.0 Å². The Morgan fingerprint density at radius 3 is 2.61 bits per heavy atom. The molecule has 0 radical (unpaired) electrons. The summed E-state index contributed by atoms with van der Waals surface area (Å²) in [6.45, 7) is 6.69. The molecule has 3 amide bonds. The van der Waals surface area contributed by atoms with Gasteiger partial charge in [0, 0.05) is 73.3 Å². The number of thioether (sulfide) groups is 2. The Kier molecular flexibility index (Phi) is 11.4. The molecule has 0 aromatic heterocycles. The minimum Gasteiger partial charge on any atom is -0.477 e. The van der Waals surface area contributed by atoms with Crippen LogP contribution in [0.1, 0.15) is 46.0 Å². The maximum Gasteiger partial charge on any atom is 0.353 e. The van der Waals surface area contributed by atoms with E-state index in [-0.39, 0.29) is 53.2 Å². The standard InChI is InChI=1S/C28H44N4O7S2/c1-17-24-23(18(2)33)27(36)32(24)25(28(37)38)26(17)41-20-13-19(29-14-20)16-40-12-7-21(34)31(10-11-39-3)15-22(35)30-8-5-4-6-9-30/h17-20,23-24,29,33H,4-16H2,1-3H3,(H,37,38)/t17-,18-,19+,20+,23-,24-/m1/s1. The minimum atomic E-state index is -1.10. The zero-order chi connectivity index (χ0) is 29.7. The average Bonchev–Trinajstić information content (AvgIpc) is 3.49. The number of hydrogen-bond donors (Lipinski definition) is 3. The van der Waals surface area contributed by atoms with Gasteiger partial charge in [-0.3, -0.25) is 14.4 Å². The van der Waals surface area contributed by atoms with Crippen LogP contribution in [0.2, 0.25) is 0 Å². The van der Waals surface area contributed by atoms with Crippen LogP contribution in [0.5, 0.6) is 0 Å². The number of carbonyl (C=O) groups excluding carboxylic acids is 3. The van der Waals surface area contributed by atoms with Crippen LogP contribution >= 0.6 is 23.5 Å². The van der Waals surface area contributed by atoms with Gasteiger partial charge in [-0.05, 0) is 32.6 Å². The highest BCUT2D eigenvalue weighted by Crippen LogP contribution is 2.51. The Balaban J connectivity index is 1.22. The first-order valence-electron chi connectivity index (χ1n) is 14.6. The molecule has 13 heteroatoms. The lowest BCUT2D eigenvalue weighted by Crippen LogP contribution is -2.63. The van der Waals surface area contributed by atoms with Crippen LogP contribution < -0.4 is 5.32 Å². The number of aliphatic carboxylic acids is 1. The van der Waals surface area contributed by atoms with E-state index in [1.54, 1.807) is 42.5 Å². The van der Waals surface area contributed by atoms with Crippen molar-refractivity contribution in [3.63, 3.8) is 0 Å². The van der Waals surface area contributed by atoms with Crippen molar-refractivity contribution < 1.29 is 34.1 Å². The molecule has 0 aromatic carbocycles. The van der Waals surface area contributed by atoms with Gasteiger partial charge in [-0.1, -0.05) is 6.92 Å². The number of aliphatic hydroxyl groups excluding tert-OH is 1. The molecule has 41 heavy (non-hydrogen) atoms. The van der Waals surface area contributed by atoms with E-state index in [4.69, 9.17) is 4.74 Å². The molecule has 0 bridgehead atoms. The Hall–Kier alpha value is -1.80. The van der Waals surface area contributed by atoms with E-state index in [1.165, 1.54) is 4.90 Å². The number of carbonyl (C=O) groups is 4. The zero-order valence-corrected chi connectivity index (χ0v) is 25.9. The summed E-state index contributed by atoms with van der Waals surface area (Å²) >= 11 is 3.24. The summed E-state index contributed by atoms with van der Waals surface area (Å²) in [5.74, 6) is -0.646. The molecule has 11 nitrogen and oxygen atoms in total. The normalized spacial score (nSPS) is 28.5. The molecule has 0 saturated carbocycles. The van der Waals surface area contributed by atoms with E-state index in [2.05, 4.69) is 5.32 Å². The van der Waals surface area contributed by atoms with Gasteiger partial charge in [0.05, 0.1) is 31.2 Å². The van der Waals surface area contributed by atoms with Crippen molar-refractivity contribution in [1.29, 1.82) is 0 Å². The molecule has 4 rings (SSSR count). The lowest BCUT2D eigenvalue weighted by atomic mass is 9.79. The Bertz CT molecular complexity index is 1020. The van der Waals surface area contributed by atoms with E-state index < -0.39 is 18.0 Å². The van der Waals surface area contributed by atoms with Gasteiger partial charge in [0.1, 0.15) is 5.70 Å². The van der Waals surface area contributed by atoms with Gasteiger partial charge >= 0.3 is 5.97 Å². The largest absolute Gasteiger partial charge is 0.477 e. The Morgan fingerprint density at radius 2 is 1.95 bits per heavy atom. The minimum absolute atomic E-state index is 0.00817. The van der Waals surface area contributed by atoms with E-state index in [0.29, 0.717) is 25.3 Å². The van der Waals surface area contributed by atoms with Crippen molar-refractivity contribution in [3.05, 3.63) is 10.6 Å². The smallest absolute Gasteiger partial charge is 0.353 e. The van der Waals surface area contributed by atoms with Gasteiger partial charge < -0.3 is 35.0 Å². The number of nitrogens with one attached hydrogen (secondary N) is 1. The monoisotopic (exact) mass is 612 g/mol. The first kappa shape index (κ1) is 32.1. The number of ether oxygens (including phenoxy) is 1.